The minimum Gasteiger partial charge on any atom is -0.481 e. The van der Waals surface area contributed by atoms with Crippen LogP contribution in [0.15, 0.2) is 17.5 Å². The highest BCUT2D eigenvalue weighted by Crippen LogP contribution is 2.24. The Morgan fingerprint density at radius 1 is 1.56 bits per heavy atom. The highest BCUT2D eigenvalue weighted by molar-refractivity contribution is 7.10. The van der Waals surface area contributed by atoms with Crippen molar-refractivity contribution in [3.63, 3.8) is 0 Å². The maximum absolute atomic E-state index is 12.0. The number of carbonyl (C=O) groups is 2. The lowest BCUT2D eigenvalue weighted by molar-refractivity contribution is -0.138. The SMILES string of the molecule is CC(C)(CN)C(=O)NC(CC(=O)O)c1cccs1. The molecule has 0 aliphatic heterocycles. The third-order valence-corrected chi connectivity index (χ3v) is 3.68. The molecule has 1 heterocycles. The molecular weight excluding hydrogens is 252 g/mol. The molecule has 0 spiro atoms. The second-order valence-corrected chi connectivity index (χ2v) is 5.71. The number of carbonyl (C=O) groups excluding carboxylic acids is 1. The van der Waals surface area contributed by atoms with Gasteiger partial charge in [0, 0.05) is 11.4 Å². The number of rotatable bonds is 6. The molecule has 1 aromatic rings. The zero-order valence-corrected chi connectivity index (χ0v) is 11.3. The number of carboxylic acids is 1. The predicted molar refractivity (Wildman–Crippen MR) is 70.3 cm³/mol. The van der Waals surface area contributed by atoms with Crippen LogP contribution in [-0.4, -0.2) is 23.5 Å². The van der Waals surface area contributed by atoms with Crippen molar-refractivity contribution in [3.8, 4) is 0 Å². The smallest absolute Gasteiger partial charge is 0.305 e. The fourth-order valence-electron chi connectivity index (χ4n) is 1.33. The molecular formula is C12H18N2O3S. The number of aliphatic carboxylic acids is 1. The van der Waals surface area contributed by atoms with Crippen LogP contribution in [0.25, 0.3) is 0 Å². The summed E-state index contributed by atoms with van der Waals surface area (Å²) in [4.78, 5) is 23.7. The Kier molecular flexibility index (Phi) is 4.86. The number of amides is 1. The quantitative estimate of drug-likeness (QED) is 0.728. The van der Waals surface area contributed by atoms with E-state index in [1.807, 2.05) is 17.5 Å². The molecule has 6 heteroatoms. The molecule has 4 N–H and O–H groups in total. The van der Waals surface area contributed by atoms with E-state index in [0.717, 1.165) is 4.88 Å². The zero-order chi connectivity index (χ0) is 13.8. The topological polar surface area (TPSA) is 92.4 Å². The van der Waals surface area contributed by atoms with E-state index in [1.54, 1.807) is 13.8 Å². The van der Waals surface area contributed by atoms with Crippen molar-refractivity contribution in [1.29, 1.82) is 0 Å². The fraction of sp³-hybridized carbons (Fsp3) is 0.500. The number of thiophene rings is 1. The Morgan fingerprint density at radius 2 is 2.22 bits per heavy atom. The van der Waals surface area contributed by atoms with Crippen molar-refractivity contribution < 1.29 is 14.7 Å². The molecule has 0 aromatic carbocycles. The fourth-order valence-corrected chi connectivity index (χ4v) is 2.11. The standard InChI is InChI=1S/C12H18N2O3S/c1-12(2,7-13)11(17)14-8(6-10(15)16)9-4-3-5-18-9/h3-5,8H,6-7,13H2,1-2H3,(H,14,17)(H,15,16). The molecule has 0 saturated carbocycles. The van der Waals surface area contributed by atoms with Crippen LogP contribution < -0.4 is 11.1 Å². The Morgan fingerprint density at radius 3 is 2.67 bits per heavy atom. The summed E-state index contributed by atoms with van der Waals surface area (Å²) >= 11 is 1.42. The predicted octanol–water partition coefficient (Wildman–Crippen LogP) is 1.37. The number of nitrogens with two attached hydrogens (primary N) is 1. The van der Waals surface area contributed by atoms with Crippen LogP contribution in [0.1, 0.15) is 31.2 Å². The van der Waals surface area contributed by atoms with E-state index in [2.05, 4.69) is 5.32 Å². The first kappa shape index (κ1) is 14.7. The Labute approximate surface area is 110 Å². The normalized spacial score (nSPS) is 13.1. The van der Waals surface area contributed by atoms with E-state index in [9.17, 15) is 9.59 Å². The molecule has 0 fully saturated rings. The molecule has 1 atom stereocenters. The third-order valence-electron chi connectivity index (χ3n) is 2.70. The molecule has 0 aliphatic carbocycles. The molecule has 0 aliphatic rings. The number of nitrogens with one attached hydrogen (secondary N) is 1. The Balaban J connectivity index is 2.80. The average molecular weight is 270 g/mol. The van der Waals surface area contributed by atoms with Gasteiger partial charge in [-0.05, 0) is 25.3 Å². The number of hydrogen-bond acceptors (Lipinski definition) is 4. The lowest BCUT2D eigenvalue weighted by atomic mass is 9.92. The van der Waals surface area contributed by atoms with Gasteiger partial charge in [-0.3, -0.25) is 9.59 Å². The molecule has 1 rings (SSSR count). The Hall–Kier alpha value is -1.40. The van der Waals surface area contributed by atoms with Crippen molar-refractivity contribution in [2.24, 2.45) is 11.1 Å². The van der Waals surface area contributed by atoms with Crippen LogP contribution in [0, 0.1) is 5.41 Å². The zero-order valence-electron chi connectivity index (χ0n) is 10.5. The molecule has 100 valence electrons. The van der Waals surface area contributed by atoms with Crippen molar-refractivity contribution in [2.45, 2.75) is 26.3 Å². The maximum Gasteiger partial charge on any atom is 0.305 e. The van der Waals surface area contributed by atoms with Crippen molar-refractivity contribution in [3.05, 3.63) is 22.4 Å². The molecule has 18 heavy (non-hydrogen) atoms. The highest BCUT2D eigenvalue weighted by Gasteiger charge is 2.29. The van der Waals surface area contributed by atoms with Gasteiger partial charge >= 0.3 is 5.97 Å². The third kappa shape index (κ3) is 3.82. The molecule has 1 aromatic heterocycles. The first-order valence-corrected chi connectivity index (χ1v) is 6.51. The van der Waals surface area contributed by atoms with E-state index in [1.165, 1.54) is 11.3 Å². The monoisotopic (exact) mass is 270 g/mol. The van der Waals surface area contributed by atoms with Crippen LogP contribution in [-0.2, 0) is 9.59 Å². The van der Waals surface area contributed by atoms with Gasteiger partial charge in [0.05, 0.1) is 17.9 Å². The van der Waals surface area contributed by atoms with Crippen LogP contribution in [0.5, 0.6) is 0 Å². The summed E-state index contributed by atoms with van der Waals surface area (Å²) in [6, 6.07) is 3.14. The van der Waals surface area contributed by atoms with Crippen molar-refractivity contribution in [2.75, 3.05) is 6.54 Å². The van der Waals surface area contributed by atoms with E-state index in [-0.39, 0.29) is 18.9 Å². The maximum atomic E-state index is 12.0. The van der Waals surface area contributed by atoms with E-state index >= 15 is 0 Å². The summed E-state index contributed by atoms with van der Waals surface area (Å²) in [5, 5.41) is 13.5. The summed E-state index contributed by atoms with van der Waals surface area (Å²) in [5.41, 5.74) is 4.83. The van der Waals surface area contributed by atoms with Gasteiger partial charge in [-0.15, -0.1) is 11.3 Å². The van der Waals surface area contributed by atoms with E-state index in [4.69, 9.17) is 10.8 Å². The molecule has 5 nitrogen and oxygen atoms in total. The van der Waals surface area contributed by atoms with Gasteiger partial charge in [0.1, 0.15) is 0 Å². The first-order chi connectivity index (χ1) is 8.36. The van der Waals surface area contributed by atoms with Gasteiger partial charge in [0.25, 0.3) is 0 Å². The van der Waals surface area contributed by atoms with Gasteiger partial charge in [-0.1, -0.05) is 6.07 Å². The molecule has 1 unspecified atom stereocenters. The first-order valence-electron chi connectivity index (χ1n) is 5.63. The van der Waals surface area contributed by atoms with E-state index < -0.39 is 17.4 Å². The summed E-state index contributed by atoms with van der Waals surface area (Å²) in [6.45, 7) is 3.67. The Bertz CT molecular complexity index is 415. The summed E-state index contributed by atoms with van der Waals surface area (Å²) in [7, 11) is 0. The van der Waals surface area contributed by atoms with Crippen LogP contribution in [0.3, 0.4) is 0 Å². The number of hydrogen-bond donors (Lipinski definition) is 3. The molecule has 0 bridgehead atoms. The number of carboxylic acid groups (broad SMARTS) is 1. The molecule has 1 amide bonds. The lowest BCUT2D eigenvalue weighted by Gasteiger charge is -2.25. The summed E-state index contributed by atoms with van der Waals surface area (Å²) in [5.74, 6) is -1.18. The van der Waals surface area contributed by atoms with Crippen molar-refractivity contribution in [1.82, 2.24) is 5.32 Å². The van der Waals surface area contributed by atoms with Crippen LogP contribution in [0.2, 0.25) is 0 Å². The second-order valence-electron chi connectivity index (χ2n) is 4.73. The summed E-state index contributed by atoms with van der Waals surface area (Å²) < 4.78 is 0. The second kappa shape index (κ2) is 5.97. The van der Waals surface area contributed by atoms with Crippen LogP contribution >= 0.6 is 11.3 Å². The molecule has 0 radical (unpaired) electrons. The van der Waals surface area contributed by atoms with Gasteiger partial charge in [0.15, 0.2) is 0 Å². The largest absolute Gasteiger partial charge is 0.481 e. The van der Waals surface area contributed by atoms with Gasteiger partial charge < -0.3 is 16.2 Å². The molecule has 0 saturated heterocycles. The van der Waals surface area contributed by atoms with Gasteiger partial charge in [0.2, 0.25) is 5.91 Å². The van der Waals surface area contributed by atoms with Crippen LogP contribution in [0.4, 0.5) is 0 Å². The summed E-state index contributed by atoms with van der Waals surface area (Å²) in [6.07, 6.45) is -0.132. The minimum atomic E-state index is -0.945. The lowest BCUT2D eigenvalue weighted by Crippen LogP contribution is -2.43. The van der Waals surface area contributed by atoms with Gasteiger partial charge in [-0.25, -0.2) is 0 Å². The van der Waals surface area contributed by atoms with Gasteiger partial charge in [-0.2, -0.15) is 0 Å². The minimum absolute atomic E-state index is 0.132. The average Bonchev–Trinajstić information content (AvgIpc) is 2.80. The highest BCUT2D eigenvalue weighted by atomic mass is 32.1. The van der Waals surface area contributed by atoms with E-state index in [0.29, 0.717) is 0 Å². The van der Waals surface area contributed by atoms with Crippen molar-refractivity contribution >= 4 is 23.2 Å².